The lowest BCUT2D eigenvalue weighted by atomic mass is 10.0. The maximum absolute atomic E-state index is 13.2. The number of nitrogens with zero attached hydrogens (tertiary/aromatic N) is 2. The number of carbonyl (C=O) groups excluding carboxylic acids is 1. The van der Waals surface area contributed by atoms with Gasteiger partial charge in [-0.1, -0.05) is 18.2 Å². The summed E-state index contributed by atoms with van der Waals surface area (Å²) in [5, 5.41) is 0. The summed E-state index contributed by atoms with van der Waals surface area (Å²) in [6.45, 7) is 0. The van der Waals surface area contributed by atoms with Crippen molar-refractivity contribution in [2.45, 2.75) is 6.42 Å². The minimum atomic E-state index is -3.23. The van der Waals surface area contributed by atoms with Gasteiger partial charge in [0.1, 0.15) is 5.75 Å². The molecule has 0 unspecified atom stereocenters. The summed E-state index contributed by atoms with van der Waals surface area (Å²) in [6.07, 6.45) is 0.104. The zero-order valence-electron chi connectivity index (χ0n) is 17.1. The summed E-state index contributed by atoms with van der Waals surface area (Å²) in [7, 11) is 6.60. The molecular weight excluding hydrogens is 379 g/mol. The molecule has 2 aromatic rings. The van der Waals surface area contributed by atoms with Crippen molar-refractivity contribution in [1.82, 2.24) is 9.34 Å². The summed E-state index contributed by atoms with van der Waals surface area (Å²) in [4.78, 5) is 12.8. The van der Waals surface area contributed by atoms with Crippen molar-refractivity contribution in [3.63, 3.8) is 0 Å². The van der Waals surface area contributed by atoms with Crippen LogP contribution < -0.4 is 14.0 Å². The fourth-order valence-corrected chi connectivity index (χ4v) is 4.15. The van der Waals surface area contributed by atoms with Gasteiger partial charge in [-0.3, -0.25) is 4.79 Å². The minimum absolute atomic E-state index is 0.104. The molecule has 2 aromatic carbocycles. The van der Waals surface area contributed by atoms with Crippen LogP contribution in [0.2, 0.25) is 0 Å². The molecule has 0 aromatic heterocycles. The molecule has 152 valence electrons. The van der Waals surface area contributed by atoms with Crippen LogP contribution in [-0.4, -0.2) is 57.5 Å². The van der Waals surface area contributed by atoms with E-state index in [0.717, 1.165) is 0 Å². The summed E-state index contributed by atoms with van der Waals surface area (Å²) < 4.78 is 32.6. The molecule has 7 nitrogen and oxygen atoms in total. The highest BCUT2D eigenvalue weighted by atomic mass is 31.2. The van der Waals surface area contributed by atoms with Crippen molar-refractivity contribution in [2.24, 2.45) is 0 Å². The topological polar surface area (TPSA) is 68.3 Å². The van der Waals surface area contributed by atoms with Gasteiger partial charge in [0.2, 0.25) is 0 Å². The number of carbonyl (C=O) groups is 1. The molecule has 2 rings (SSSR count). The zero-order chi connectivity index (χ0) is 20.9. The van der Waals surface area contributed by atoms with Gasteiger partial charge >= 0.3 is 7.67 Å². The van der Waals surface area contributed by atoms with Crippen LogP contribution in [0.4, 0.5) is 0 Å². The molecule has 0 amide bonds. The number of ether oxygens (including phenoxy) is 2. The summed E-state index contributed by atoms with van der Waals surface area (Å²) in [5.74, 6) is 1.35. The van der Waals surface area contributed by atoms with Crippen LogP contribution in [0.1, 0.15) is 15.9 Å². The van der Waals surface area contributed by atoms with E-state index in [4.69, 9.17) is 14.0 Å². The number of hydrogen-bond donors (Lipinski definition) is 0. The van der Waals surface area contributed by atoms with Crippen LogP contribution >= 0.6 is 7.67 Å². The van der Waals surface area contributed by atoms with Crippen molar-refractivity contribution in [3.8, 4) is 17.2 Å². The van der Waals surface area contributed by atoms with Crippen LogP contribution in [0.5, 0.6) is 17.2 Å². The second kappa shape index (κ2) is 9.24. The molecule has 0 fully saturated rings. The number of rotatable bonds is 9. The standard InChI is InChI=1S/C20H27N2O5P/c1-21(2)28(24,22(3)4)27-18-10-8-7-9-16(18)13-17(23)15-11-12-19(25-5)20(14-15)26-6/h7-12,14H,13H2,1-6H3. The first-order chi connectivity index (χ1) is 13.2. The van der Waals surface area contributed by atoms with Crippen molar-refractivity contribution < 1.29 is 23.4 Å². The highest BCUT2D eigenvalue weighted by Crippen LogP contribution is 2.51. The first kappa shape index (κ1) is 22.0. The molecule has 0 saturated carbocycles. The van der Waals surface area contributed by atoms with Crippen LogP contribution in [0.25, 0.3) is 0 Å². The third-order valence-corrected chi connectivity index (χ3v) is 6.71. The largest absolute Gasteiger partial charge is 0.493 e. The van der Waals surface area contributed by atoms with Gasteiger partial charge in [-0.2, -0.15) is 0 Å². The van der Waals surface area contributed by atoms with Crippen molar-refractivity contribution in [3.05, 3.63) is 53.6 Å². The predicted molar refractivity (Wildman–Crippen MR) is 110 cm³/mol. The quantitative estimate of drug-likeness (QED) is 0.464. The third-order valence-electron chi connectivity index (χ3n) is 4.26. The van der Waals surface area contributed by atoms with Gasteiger partial charge in [-0.15, -0.1) is 0 Å². The number of methoxy groups -OCH3 is 2. The van der Waals surface area contributed by atoms with Crippen molar-refractivity contribution in [2.75, 3.05) is 42.4 Å². The van der Waals surface area contributed by atoms with Crippen molar-refractivity contribution >= 4 is 13.5 Å². The molecule has 8 heteroatoms. The Kier molecular flexibility index (Phi) is 7.24. The van der Waals surface area contributed by atoms with E-state index < -0.39 is 7.67 Å². The fraction of sp³-hybridized carbons (Fsp3) is 0.350. The molecule has 0 aliphatic heterocycles. The Hall–Kier alpha value is -2.34. The van der Waals surface area contributed by atoms with Crippen molar-refractivity contribution in [1.29, 1.82) is 0 Å². The lowest BCUT2D eigenvalue weighted by molar-refractivity contribution is 0.0992. The predicted octanol–water partition coefficient (Wildman–Crippen LogP) is 3.74. The maximum Gasteiger partial charge on any atom is 0.394 e. The van der Waals surface area contributed by atoms with Gasteiger partial charge in [-0.25, -0.2) is 13.9 Å². The second-order valence-electron chi connectivity index (χ2n) is 6.55. The first-order valence-corrected chi connectivity index (χ1v) is 10.2. The van der Waals surface area contributed by atoms with E-state index in [1.807, 2.05) is 6.07 Å². The molecular formula is C20H27N2O5P. The monoisotopic (exact) mass is 406 g/mol. The van der Waals surface area contributed by atoms with Gasteiger partial charge in [0.05, 0.1) is 14.2 Å². The van der Waals surface area contributed by atoms with Gasteiger partial charge in [-0.05, 0) is 52.5 Å². The molecule has 0 aliphatic rings. The van der Waals surface area contributed by atoms with E-state index in [-0.39, 0.29) is 12.2 Å². The summed E-state index contributed by atoms with van der Waals surface area (Å²) >= 11 is 0. The minimum Gasteiger partial charge on any atom is -0.493 e. The Balaban J connectivity index is 2.31. The van der Waals surface area contributed by atoms with E-state index >= 15 is 0 Å². The van der Waals surface area contributed by atoms with Gasteiger partial charge in [0.25, 0.3) is 0 Å². The number of Topliss-reactive ketones (excluding diaryl/α,β-unsaturated/α-hetero) is 1. The molecule has 0 heterocycles. The average Bonchev–Trinajstić information content (AvgIpc) is 2.68. The lowest BCUT2D eigenvalue weighted by Gasteiger charge is -2.30. The van der Waals surface area contributed by atoms with E-state index in [9.17, 15) is 9.36 Å². The summed E-state index contributed by atoms with van der Waals surface area (Å²) in [6, 6.07) is 12.2. The molecule has 0 aliphatic carbocycles. The molecule has 0 N–H and O–H groups in total. The molecule has 28 heavy (non-hydrogen) atoms. The van der Waals surface area contributed by atoms with Crippen LogP contribution in [0.15, 0.2) is 42.5 Å². The molecule has 0 saturated heterocycles. The number of para-hydroxylation sites is 1. The van der Waals surface area contributed by atoms with Gasteiger partial charge < -0.3 is 14.0 Å². The highest BCUT2D eigenvalue weighted by Gasteiger charge is 2.32. The number of benzene rings is 2. The van der Waals surface area contributed by atoms with Crippen LogP contribution in [0, 0.1) is 0 Å². The molecule has 0 atom stereocenters. The van der Waals surface area contributed by atoms with E-state index in [1.165, 1.54) is 7.11 Å². The lowest BCUT2D eigenvalue weighted by Crippen LogP contribution is -2.24. The Morgan fingerprint density at radius 3 is 2.07 bits per heavy atom. The Morgan fingerprint density at radius 2 is 1.50 bits per heavy atom. The highest BCUT2D eigenvalue weighted by molar-refractivity contribution is 7.54. The Morgan fingerprint density at radius 1 is 0.893 bits per heavy atom. The number of hydrogen-bond acceptors (Lipinski definition) is 5. The normalized spacial score (nSPS) is 11.6. The zero-order valence-corrected chi connectivity index (χ0v) is 18.0. The van der Waals surface area contributed by atoms with Gasteiger partial charge in [0, 0.05) is 17.5 Å². The average molecular weight is 406 g/mol. The van der Waals surface area contributed by atoms with E-state index in [2.05, 4.69) is 0 Å². The Labute approximate surface area is 166 Å². The molecule has 0 radical (unpaired) electrons. The third kappa shape index (κ3) is 4.73. The second-order valence-corrected chi connectivity index (χ2v) is 9.32. The van der Waals surface area contributed by atoms with Crippen LogP contribution in [0.3, 0.4) is 0 Å². The van der Waals surface area contributed by atoms with Gasteiger partial charge in [0.15, 0.2) is 17.3 Å². The summed E-state index contributed by atoms with van der Waals surface area (Å²) in [5.41, 5.74) is 1.15. The van der Waals surface area contributed by atoms with E-state index in [1.54, 1.807) is 81.0 Å². The van der Waals surface area contributed by atoms with E-state index in [0.29, 0.717) is 28.4 Å². The first-order valence-electron chi connectivity index (χ1n) is 8.71. The van der Waals surface area contributed by atoms with Crippen LogP contribution in [-0.2, 0) is 11.0 Å². The molecule has 0 spiro atoms. The SMILES string of the molecule is COc1ccc(C(=O)Cc2ccccc2OP(=O)(N(C)C)N(C)C)cc1OC. The fourth-order valence-electron chi connectivity index (χ4n) is 2.67. The molecule has 0 bridgehead atoms. The Bertz CT molecular complexity index is 871. The maximum atomic E-state index is 13.2. The smallest absolute Gasteiger partial charge is 0.394 e. The number of ketones is 1.